The molecular weight excluding hydrogens is 350 g/mol. The topological polar surface area (TPSA) is 89.8 Å². The number of rotatable bonds is 0. The van der Waals surface area contributed by atoms with Crippen molar-refractivity contribution in [2.75, 3.05) is 5.73 Å². The van der Waals surface area contributed by atoms with Gasteiger partial charge in [0, 0.05) is 24.4 Å². The number of nitriles is 1. The van der Waals surface area contributed by atoms with E-state index < -0.39 is 0 Å². The van der Waals surface area contributed by atoms with Crippen LogP contribution < -0.4 is 10.5 Å². The molecule has 2 bridgehead atoms. The molecule has 0 radical (unpaired) electrons. The molecule has 6 heteroatoms. The molecule has 0 saturated heterocycles. The average Bonchev–Trinajstić information content (AvgIpc) is 2.99. The highest BCUT2D eigenvalue weighted by Gasteiger charge is 2.22. The van der Waals surface area contributed by atoms with Crippen molar-refractivity contribution < 1.29 is 4.74 Å². The second kappa shape index (κ2) is 7.01. The lowest BCUT2D eigenvalue weighted by molar-refractivity contribution is 0.226. The van der Waals surface area contributed by atoms with Crippen molar-refractivity contribution in [2.45, 2.75) is 39.2 Å². The van der Waals surface area contributed by atoms with Crippen LogP contribution >= 0.6 is 0 Å². The zero-order valence-electron chi connectivity index (χ0n) is 16.4. The summed E-state index contributed by atoms with van der Waals surface area (Å²) in [4.78, 5) is 4.33. The molecule has 1 aliphatic rings. The molecule has 0 unspecified atom stereocenters. The lowest BCUT2D eigenvalue weighted by Gasteiger charge is -2.21. The third kappa shape index (κ3) is 3.09. The summed E-state index contributed by atoms with van der Waals surface area (Å²) in [5.41, 5.74) is 12.8. The maximum atomic E-state index is 9.65. The summed E-state index contributed by atoms with van der Waals surface area (Å²) in [6.07, 6.45) is 4.18. The van der Waals surface area contributed by atoms with E-state index in [0.717, 1.165) is 36.1 Å². The van der Waals surface area contributed by atoms with Gasteiger partial charge in [0.25, 0.3) is 0 Å². The first-order valence-electron chi connectivity index (χ1n) is 9.46. The Balaban J connectivity index is 1.90. The first kappa shape index (κ1) is 18.1. The van der Waals surface area contributed by atoms with Gasteiger partial charge < -0.3 is 10.5 Å². The maximum absolute atomic E-state index is 9.65. The fraction of sp³-hybridized carbons (Fsp3) is 0.318. The Labute approximate surface area is 164 Å². The van der Waals surface area contributed by atoms with Crippen LogP contribution in [0.25, 0.3) is 11.1 Å². The summed E-state index contributed by atoms with van der Waals surface area (Å²) in [7, 11) is 1.80. The number of benzene rings is 1. The minimum atomic E-state index is -0.155. The Kier molecular flexibility index (Phi) is 4.52. The normalized spacial score (nSPS) is 16.0. The molecule has 0 amide bonds. The van der Waals surface area contributed by atoms with E-state index in [-0.39, 0.29) is 6.10 Å². The number of aryl methyl sites for hydroxylation is 4. The largest absolute Gasteiger partial charge is 0.482 e. The Bertz CT molecular complexity index is 1090. The molecule has 1 aliphatic heterocycles. The van der Waals surface area contributed by atoms with Crippen LogP contribution in [0.4, 0.5) is 5.82 Å². The second-order valence-corrected chi connectivity index (χ2v) is 7.33. The van der Waals surface area contributed by atoms with Crippen LogP contribution in [-0.4, -0.2) is 14.8 Å². The molecule has 2 aromatic heterocycles. The van der Waals surface area contributed by atoms with Crippen LogP contribution in [0, 0.1) is 18.3 Å². The molecule has 0 saturated carbocycles. The summed E-state index contributed by atoms with van der Waals surface area (Å²) in [6.45, 7) is 4.12. The number of pyridine rings is 1. The molecule has 1 atom stereocenters. The van der Waals surface area contributed by atoms with Crippen molar-refractivity contribution in [1.82, 2.24) is 14.8 Å². The van der Waals surface area contributed by atoms with Crippen LogP contribution in [0.3, 0.4) is 0 Å². The Morgan fingerprint density at radius 3 is 2.89 bits per heavy atom. The summed E-state index contributed by atoms with van der Waals surface area (Å²) in [5, 5.41) is 14.3. The van der Waals surface area contributed by atoms with Gasteiger partial charge in [0.05, 0.1) is 5.69 Å². The summed E-state index contributed by atoms with van der Waals surface area (Å²) in [5.74, 6) is 0.863. The van der Waals surface area contributed by atoms with Crippen molar-refractivity contribution in [3.8, 4) is 22.9 Å². The van der Waals surface area contributed by atoms with E-state index in [9.17, 15) is 5.26 Å². The lowest BCUT2D eigenvalue weighted by atomic mass is 9.94. The van der Waals surface area contributed by atoms with Crippen molar-refractivity contribution in [3.05, 3.63) is 58.5 Å². The van der Waals surface area contributed by atoms with Gasteiger partial charge in [-0.15, -0.1) is 0 Å². The first-order valence-corrected chi connectivity index (χ1v) is 9.46. The number of ether oxygens (including phenoxy) is 1. The van der Waals surface area contributed by atoms with Gasteiger partial charge in [-0.3, -0.25) is 4.68 Å². The molecule has 3 heterocycles. The smallest absolute Gasteiger partial charge is 0.166 e. The summed E-state index contributed by atoms with van der Waals surface area (Å²) >= 11 is 0. The standard InChI is InChI=1S/C22H23N5O/c1-13-7-8-15-5-4-6-18-21(19(11-23)27(3)26-18)16-10-20(22(24)25-12-16)28-14(2)17(15)9-13/h7-10,12,14H,4-6H2,1-3H3,(H2,24,25)/t14-/m1/s1. The Hall–Kier alpha value is -3.33. The highest BCUT2D eigenvalue weighted by molar-refractivity contribution is 5.73. The molecule has 3 aromatic rings. The van der Waals surface area contributed by atoms with Crippen molar-refractivity contribution >= 4 is 5.82 Å². The Morgan fingerprint density at radius 2 is 2.11 bits per heavy atom. The first-order chi connectivity index (χ1) is 13.5. The van der Waals surface area contributed by atoms with Crippen molar-refractivity contribution in [1.29, 1.82) is 5.26 Å². The van der Waals surface area contributed by atoms with E-state index in [1.54, 1.807) is 17.9 Å². The number of fused-ring (bicyclic) bond motifs is 5. The molecule has 1 aromatic carbocycles. The van der Waals surface area contributed by atoms with Gasteiger partial charge >= 0.3 is 0 Å². The van der Waals surface area contributed by atoms with Gasteiger partial charge in [-0.05, 0) is 50.3 Å². The minimum absolute atomic E-state index is 0.155. The van der Waals surface area contributed by atoms with Gasteiger partial charge in [0.15, 0.2) is 11.6 Å². The van der Waals surface area contributed by atoms with Crippen LogP contribution in [0.5, 0.6) is 5.75 Å². The maximum Gasteiger partial charge on any atom is 0.166 e. The molecule has 2 N–H and O–H groups in total. The molecule has 4 rings (SSSR count). The number of nitrogens with zero attached hydrogens (tertiary/aromatic N) is 4. The van der Waals surface area contributed by atoms with Gasteiger partial charge in [0.1, 0.15) is 17.9 Å². The van der Waals surface area contributed by atoms with Crippen LogP contribution in [0.2, 0.25) is 0 Å². The molecule has 0 aliphatic carbocycles. The van der Waals surface area contributed by atoms with E-state index in [0.29, 0.717) is 17.3 Å². The summed E-state index contributed by atoms with van der Waals surface area (Å²) < 4.78 is 7.88. The number of nitrogens with two attached hydrogens (primary N) is 1. The third-order valence-electron chi connectivity index (χ3n) is 5.30. The highest BCUT2D eigenvalue weighted by Crippen LogP contribution is 2.35. The van der Waals surface area contributed by atoms with Gasteiger partial charge in [-0.2, -0.15) is 10.4 Å². The molecular formula is C22H23N5O. The van der Waals surface area contributed by atoms with Gasteiger partial charge in [-0.25, -0.2) is 4.98 Å². The van der Waals surface area contributed by atoms with Gasteiger partial charge in [0.2, 0.25) is 0 Å². The van der Waals surface area contributed by atoms with Crippen molar-refractivity contribution in [2.24, 2.45) is 7.05 Å². The van der Waals surface area contributed by atoms with Crippen molar-refractivity contribution in [3.63, 3.8) is 0 Å². The van der Waals surface area contributed by atoms with Crippen LogP contribution in [-0.2, 0) is 19.9 Å². The number of anilines is 1. The average molecular weight is 373 g/mol. The molecule has 0 fully saturated rings. The van der Waals surface area contributed by atoms with E-state index in [1.165, 1.54) is 16.7 Å². The van der Waals surface area contributed by atoms with Crippen LogP contribution in [0.1, 0.15) is 47.5 Å². The molecule has 28 heavy (non-hydrogen) atoms. The number of hydrogen-bond donors (Lipinski definition) is 1. The third-order valence-corrected chi connectivity index (χ3v) is 5.30. The second-order valence-electron chi connectivity index (χ2n) is 7.33. The van der Waals surface area contributed by atoms with E-state index in [2.05, 4.69) is 41.3 Å². The van der Waals surface area contributed by atoms with E-state index >= 15 is 0 Å². The summed E-state index contributed by atoms with van der Waals surface area (Å²) in [6, 6.07) is 10.6. The predicted octanol–water partition coefficient (Wildman–Crippen LogP) is 3.87. The van der Waals surface area contributed by atoms with Crippen LogP contribution in [0.15, 0.2) is 30.5 Å². The molecule has 142 valence electrons. The minimum Gasteiger partial charge on any atom is -0.482 e. The zero-order chi connectivity index (χ0) is 19.8. The highest BCUT2D eigenvalue weighted by atomic mass is 16.5. The molecule has 6 nitrogen and oxygen atoms in total. The quantitative estimate of drug-likeness (QED) is 0.646. The lowest BCUT2D eigenvalue weighted by Crippen LogP contribution is -2.10. The van der Waals surface area contributed by atoms with E-state index in [4.69, 9.17) is 10.5 Å². The fourth-order valence-corrected chi connectivity index (χ4v) is 3.89. The Morgan fingerprint density at radius 1 is 1.29 bits per heavy atom. The van der Waals surface area contributed by atoms with E-state index in [1.807, 2.05) is 13.0 Å². The monoisotopic (exact) mass is 373 g/mol. The SMILES string of the molecule is Cc1ccc2c(c1)[C@@H](C)Oc1cc(cnc1N)-c1c(nn(C)c1C#N)CCC2. The predicted molar refractivity (Wildman–Crippen MR) is 108 cm³/mol. The number of aromatic nitrogens is 3. The van der Waals surface area contributed by atoms with Gasteiger partial charge in [-0.1, -0.05) is 23.8 Å². The zero-order valence-corrected chi connectivity index (χ0v) is 16.4. The molecule has 0 spiro atoms. The number of hydrogen-bond acceptors (Lipinski definition) is 5. The number of nitrogen functional groups attached to an aromatic ring is 1. The fourth-order valence-electron chi connectivity index (χ4n) is 3.89.